The van der Waals surface area contributed by atoms with Crippen molar-refractivity contribution < 1.29 is 18.8 Å². The second kappa shape index (κ2) is 8.49. The van der Waals surface area contributed by atoms with E-state index in [1.165, 1.54) is 6.07 Å². The van der Waals surface area contributed by atoms with Crippen LogP contribution in [0.25, 0.3) is 0 Å². The van der Waals surface area contributed by atoms with Gasteiger partial charge in [0.15, 0.2) is 0 Å². The van der Waals surface area contributed by atoms with Crippen molar-refractivity contribution >= 4 is 29.2 Å². The molecule has 24 heavy (non-hydrogen) atoms. The number of nitrogens with zero attached hydrogens (tertiary/aromatic N) is 1. The molecule has 2 atom stereocenters. The molecule has 2 unspecified atom stereocenters. The van der Waals surface area contributed by atoms with E-state index in [2.05, 4.69) is 12.4 Å². The van der Waals surface area contributed by atoms with Crippen LogP contribution in [-0.2, 0) is 9.53 Å². The van der Waals surface area contributed by atoms with Crippen molar-refractivity contribution in [2.75, 3.05) is 25.5 Å². The molecule has 0 radical (unpaired) electrons. The average molecular weight is 355 g/mol. The molecule has 0 aromatic heterocycles. The first-order valence-electron chi connectivity index (χ1n) is 8.15. The van der Waals surface area contributed by atoms with E-state index >= 15 is 0 Å². The number of hydrogen-bond acceptors (Lipinski definition) is 3. The van der Waals surface area contributed by atoms with Gasteiger partial charge in [-0.1, -0.05) is 18.5 Å². The van der Waals surface area contributed by atoms with Gasteiger partial charge in [0.1, 0.15) is 6.04 Å². The maximum atomic E-state index is 12.8. The van der Waals surface area contributed by atoms with Gasteiger partial charge in [-0.3, -0.25) is 4.79 Å². The number of hydrogen-bond donors (Lipinski definition) is 1. The Balaban J connectivity index is 3.22. The molecular formula is C18H27ClN2O3. The van der Waals surface area contributed by atoms with E-state index in [1.54, 1.807) is 19.9 Å². The molecule has 0 aliphatic carbocycles. The summed E-state index contributed by atoms with van der Waals surface area (Å²) < 4.78 is 5.39. The van der Waals surface area contributed by atoms with Gasteiger partial charge in [0.25, 0.3) is 5.91 Å². The standard InChI is InChI=1S/C18H27ClN2O3/c1-7-15(21(5,6)8-2)17(22)20-16-12(4)10-13(19)11-14(16)18(23)24-9-3/h10-11,15H,5,7-9H2,1-4,6H3,(H,20,22). The second-order valence-electron chi connectivity index (χ2n) is 6.07. The average Bonchev–Trinajstić information content (AvgIpc) is 2.50. The highest BCUT2D eigenvalue weighted by Crippen LogP contribution is 2.27. The quantitative estimate of drug-likeness (QED) is 0.460. The summed E-state index contributed by atoms with van der Waals surface area (Å²) in [5, 5.41) is 3.31. The number of amides is 1. The molecule has 1 aromatic carbocycles. The van der Waals surface area contributed by atoms with E-state index in [0.717, 1.165) is 6.54 Å². The third-order valence-electron chi connectivity index (χ3n) is 4.21. The molecule has 1 rings (SSSR count). The second-order valence-corrected chi connectivity index (χ2v) is 6.51. The van der Waals surface area contributed by atoms with Gasteiger partial charge in [0, 0.05) is 18.5 Å². The number of quaternary nitrogens is 1. The third kappa shape index (κ3) is 4.71. The van der Waals surface area contributed by atoms with Crippen molar-refractivity contribution in [2.24, 2.45) is 0 Å². The van der Waals surface area contributed by atoms with E-state index in [0.29, 0.717) is 27.2 Å². The lowest BCUT2D eigenvalue weighted by Gasteiger charge is -2.43. The fourth-order valence-corrected chi connectivity index (χ4v) is 2.89. The van der Waals surface area contributed by atoms with Gasteiger partial charge in [0.05, 0.1) is 24.4 Å². The lowest BCUT2D eigenvalue weighted by Crippen LogP contribution is -2.52. The summed E-state index contributed by atoms with van der Waals surface area (Å²) in [5.41, 5.74) is 1.42. The van der Waals surface area contributed by atoms with E-state index in [-0.39, 0.29) is 24.1 Å². The van der Waals surface area contributed by atoms with Crippen molar-refractivity contribution in [3.05, 3.63) is 35.3 Å². The van der Waals surface area contributed by atoms with Gasteiger partial charge < -0.3 is 14.5 Å². The van der Waals surface area contributed by atoms with Crippen molar-refractivity contribution in [1.82, 2.24) is 0 Å². The summed E-state index contributed by atoms with van der Waals surface area (Å²) in [6.07, 6.45) is 0.640. The van der Waals surface area contributed by atoms with Crippen molar-refractivity contribution in [1.29, 1.82) is 0 Å². The number of carbonyl (C=O) groups is 2. The molecule has 0 spiro atoms. The monoisotopic (exact) mass is 354 g/mol. The Bertz CT molecular complexity index is 615. The first-order chi connectivity index (χ1) is 11.2. The van der Waals surface area contributed by atoms with Crippen LogP contribution in [0.15, 0.2) is 12.1 Å². The molecule has 1 aromatic rings. The first kappa shape index (κ1) is 20.5. The highest BCUT2D eigenvalue weighted by atomic mass is 35.5. The van der Waals surface area contributed by atoms with Gasteiger partial charge >= 0.3 is 5.97 Å². The Morgan fingerprint density at radius 1 is 1.33 bits per heavy atom. The van der Waals surface area contributed by atoms with Crippen LogP contribution in [0.3, 0.4) is 0 Å². The molecule has 0 aliphatic rings. The Morgan fingerprint density at radius 2 is 1.96 bits per heavy atom. The minimum absolute atomic E-state index is 0.173. The highest BCUT2D eigenvalue weighted by Gasteiger charge is 2.29. The maximum absolute atomic E-state index is 12.8. The first-order valence-corrected chi connectivity index (χ1v) is 8.53. The van der Waals surface area contributed by atoms with Gasteiger partial charge in [-0.2, -0.15) is 0 Å². The minimum atomic E-state index is -0.506. The molecule has 0 bridgehead atoms. The van der Waals surface area contributed by atoms with Crippen LogP contribution >= 0.6 is 11.6 Å². The van der Waals surface area contributed by atoms with Crippen molar-refractivity contribution in [2.45, 2.75) is 40.2 Å². The Morgan fingerprint density at radius 3 is 2.46 bits per heavy atom. The number of carbonyl (C=O) groups excluding carboxylic acids is 2. The van der Waals surface area contributed by atoms with E-state index in [4.69, 9.17) is 16.3 Å². The van der Waals surface area contributed by atoms with Crippen molar-refractivity contribution in [3.8, 4) is 0 Å². The normalized spacial score (nSPS) is 14.6. The fraction of sp³-hybridized carbons (Fsp3) is 0.500. The number of benzene rings is 1. The largest absolute Gasteiger partial charge is 0.462 e. The molecular weight excluding hydrogens is 328 g/mol. The molecule has 0 saturated heterocycles. The Hall–Kier alpha value is -1.59. The molecule has 1 amide bonds. The summed E-state index contributed by atoms with van der Waals surface area (Å²) in [6, 6.07) is 2.90. The topological polar surface area (TPSA) is 55.4 Å². The third-order valence-corrected chi connectivity index (χ3v) is 4.43. The lowest BCUT2D eigenvalue weighted by molar-refractivity contribution is -0.880. The summed E-state index contributed by atoms with van der Waals surface area (Å²) in [5.74, 6) is -0.679. The number of halogens is 1. The molecule has 0 aliphatic heterocycles. The molecule has 0 fully saturated rings. The van der Waals surface area contributed by atoms with Gasteiger partial charge in [-0.25, -0.2) is 4.79 Å². The van der Waals surface area contributed by atoms with Gasteiger partial charge in [-0.15, -0.1) is 7.05 Å². The lowest BCUT2D eigenvalue weighted by atomic mass is 10.1. The molecule has 5 nitrogen and oxygen atoms in total. The minimum Gasteiger partial charge on any atom is -0.462 e. The van der Waals surface area contributed by atoms with Gasteiger partial charge in [-0.05, 0) is 38.5 Å². The number of nitrogens with one attached hydrogen (secondary N) is 1. The maximum Gasteiger partial charge on any atom is 0.340 e. The molecule has 1 N–H and O–H groups in total. The van der Waals surface area contributed by atoms with Crippen LogP contribution in [0.2, 0.25) is 5.02 Å². The van der Waals surface area contributed by atoms with Crippen LogP contribution < -0.4 is 5.32 Å². The zero-order chi connectivity index (χ0) is 18.5. The molecule has 0 heterocycles. The summed E-state index contributed by atoms with van der Waals surface area (Å²) in [7, 11) is 6.02. The predicted octanol–water partition coefficient (Wildman–Crippen LogP) is 3.80. The predicted molar refractivity (Wildman–Crippen MR) is 96.9 cm³/mol. The number of likely N-dealkylation sites (N-methyl/N-ethyl adjacent to an activating group) is 1. The van der Waals surface area contributed by atoms with Crippen LogP contribution in [0.5, 0.6) is 0 Å². The van der Waals surface area contributed by atoms with Crippen LogP contribution in [0.1, 0.15) is 43.1 Å². The molecule has 0 saturated carbocycles. The number of esters is 1. The Labute approximate surface area is 149 Å². The number of ether oxygens (including phenoxy) is 1. The smallest absolute Gasteiger partial charge is 0.340 e. The fourth-order valence-electron chi connectivity index (χ4n) is 2.62. The number of rotatable bonds is 7. The van der Waals surface area contributed by atoms with Crippen LogP contribution in [-0.4, -0.2) is 42.6 Å². The molecule has 6 heteroatoms. The zero-order valence-corrected chi connectivity index (χ0v) is 15.9. The van der Waals surface area contributed by atoms with Crippen molar-refractivity contribution in [3.63, 3.8) is 0 Å². The summed E-state index contributed by atoms with van der Waals surface area (Å²) in [6.45, 7) is 8.43. The SMILES string of the molecule is [CH2-][N+](C)(CC)C(CC)C(=O)Nc1c(C)cc(Cl)cc1C(=O)OCC. The highest BCUT2D eigenvalue weighted by molar-refractivity contribution is 6.31. The Kier molecular flexibility index (Phi) is 7.24. The summed E-state index contributed by atoms with van der Waals surface area (Å²) in [4.78, 5) is 25.0. The van der Waals surface area contributed by atoms with E-state index < -0.39 is 5.97 Å². The number of aryl methyl sites for hydroxylation is 1. The van der Waals surface area contributed by atoms with E-state index in [9.17, 15) is 9.59 Å². The van der Waals surface area contributed by atoms with Gasteiger partial charge in [0.2, 0.25) is 0 Å². The summed E-state index contributed by atoms with van der Waals surface area (Å²) >= 11 is 6.05. The zero-order valence-electron chi connectivity index (χ0n) is 15.1. The van der Waals surface area contributed by atoms with E-state index in [1.807, 2.05) is 20.9 Å². The van der Waals surface area contributed by atoms with Crippen LogP contribution in [0, 0.1) is 14.0 Å². The van der Waals surface area contributed by atoms with Crippen LogP contribution in [0.4, 0.5) is 5.69 Å². The molecule has 134 valence electrons. The number of anilines is 1.